The molecule has 0 bridgehead atoms. The van der Waals surface area contributed by atoms with Crippen molar-refractivity contribution in [1.82, 2.24) is 24.4 Å². The van der Waals surface area contributed by atoms with E-state index in [1.165, 1.54) is 6.07 Å². The molecule has 2 aliphatic heterocycles. The number of piperazine rings is 1. The molecule has 0 saturated carbocycles. The van der Waals surface area contributed by atoms with Crippen LogP contribution in [0.3, 0.4) is 0 Å². The fourth-order valence-corrected chi connectivity index (χ4v) is 8.68. The van der Waals surface area contributed by atoms with Gasteiger partial charge in [0.1, 0.15) is 23.8 Å². The Morgan fingerprint density at radius 3 is 2.22 bits per heavy atom. The molecule has 5 aromatic carbocycles. The van der Waals surface area contributed by atoms with Gasteiger partial charge in [-0.2, -0.15) is 0 Å². The fraction of sp³-hybridized carbons (Fsp3) is 0.229. The molecule has 2 aliphatic rings. The molecule has 58 heavy (non-hydrogen) atoms. The zero-order valence-electron chi connectivity index (χ0n) is 32.5. The lowest BCUT2D eigenvalue weighted by atomic mass is 9.97. The zero-order chi connectivity index (χ0) is 40.3. The first-order valence-electron chi connectivity index (χ1n) is 19.7. The van der Waals surface area contributed by atoms with Crippen LogP contribution in [-0.2, 0) is 40.3 Å². The Morgan fingerprint density at radius 1 is 0.828 bits per heavy atom. The summed E-state index contributed by atoms with van der Waals surface area (Å²) < 4.78 is 17.8. The van der Waals surface area contributed by atoms with Crippen molar-refractivity contribution in [2.75, 3.05) is 19.6 Å². The van der Waals surface area contributed by atoms with Gasteiger partial charge in [-0.15, -0.1) is 6.58 Å². The average molecular weight is 776 g/mol. The summed E-state index contributed by atoms with van der Waals surface area (Å²) in [6, 6.07) is 38.4. The highest BCUT2D eigenvalue weighted by Gasteiger charge is 2.51. The second-order valence-corrected chi connectivity index (χ2v) is 15.1. The number of phenols is 1. The summed E-state index contributed by atoms with van der Waals surface area (Å²) >= 11 is 0. The molecule has 0 aliphatic carbocycles. The average Bonchev–Trinajstić information content (AvgIpc) is 3.51. The van der Waals surface area contributed by atoms with Gasteiger partial charge in [0.2, 0.25) is 17.7 Å². The lowest BCUT2D eigenvalue weighted by Gasteiger charge is -2.55. The molecule has 2 fully saturated rings. The number of hydrazine groups is 1. The van der Waals surface area contributed by atoms with Gasteiger partial charge in [-0.3, -0.25) is 14.4 Å². The number of aryl methyl sites for hydroxylation is 2. The van der Waals surface area contributed by atoms with E-state index in [4.69, 9.17) is 0 Å². The first-order valence-corrected chi connectivity index (χ1v) is 19.7. The molecule has 0 spiro atoms. The number of para-hydroxylation sites is 1. The SMILES string of the molecule is C=CCN1CC(=O)N2[C@@H](Cc3ccc(O)cc3)C(=O)N(Cc3cccc4c(C)c(-c5ccccc5F)n(Cc5ccccc5)c34)C[C@@H]2N1C(=O)CCc1ccccc1. The molecule has 10 heteroatoms. The van der Waals surface area contributed by atoms with Gasteiger partial charge in [-0.1, -0.05) is 109 Å². The van der Waals surface area contributed by atoms with Crippen molar-refractivity contribution in [1.29, 1.82) is 0 Å². The quantitative estimate of drug-likeness (QED) is 0.130. The molecular formula is C48H46FN5O4. The van der Waals surface area contributed by atoms with Crippen molar-refractivity contribution >= 4 is 28.6 Å². The third kappa shape index (κ3) is 7.51. The fourth-order valence-electron chi connectivity index (χ4n) is 8.68. The normalized spacial score (nSPS) is 17.2. The molecule has 294 valence electrons. The molecule has 3 heterocycles. The van der Waals surface area contributed by atoms with Crippen LogP contribution in [0.25, 0.3) is 22.2 Å². The van der Waals surface area contributed by atoms with Crippen molar-refractivity contribution in [2.45, 2.75) is 51.5 Å². The van der Waals surface area contributed by atoms with Gasteiger partial charge < -0.3 is 19.5 Å². The Balaban J connectivity index is 1.23. The molecule has 9 nitrogen and oxygen atoms in total. The lowest BCUT2D eigenvalue weighted by Crippen LogP contribution is -2.75. The first kappa shape index (κ1) is 38.4. The Bertz CT molecular complexity index is 2470. The van der Waals surface area contributed by atoms with Crippen LogP contribution in [0.5, 0.6) is 5.75 Å². The Kier molecular flexibility index (Phi) is 10.9. The van der Waals surface area contributed by atoms with Gasteiger partial charge in [0.05, 0.1) is 24.3 Å². The summed E-state index contributed by atoms with van der Waals surface area (Å²) in [4.78, 5) is 46.9. The number of benzene rings is 5. The molecule has 1 aromatic heterocycles. The minimum Gasteiger partial charge on any atom is -0.508 e. The summed E-state index contributed by atoms with van der Waals surface area (Å²) in [5.74, 6) is -0.875. The standard InChI is InChI=1S/C48H46FN5O4/c1-3-27-51-32-45(57)53-42(28-35-21-24-38(55)25-22-35)48(58)50(31-43(53)54(51)44(56)26-23-34-13-6-4-7-14-34)30-37-17-12-19-39-33(2)46(40-18-10-11-20-41(40)49)52(47(37)39)29-36-15-8-5-9-16-36/h3-22,24-25,42-43,55H,1,23,26-32H2,2H3/t42-,43-/m0/s1. The van der Waals surface area contributed by atoms with Crippen LogP contribution in [0.4, 0.5) is 4.39 Å². The number of aromatic nitrogens is 1. The van der Waals surface area contributed by atoms with Crippen LogP contribution in [0, 0.1) is 12.7 Å². The third-order valence-electron chi connectivity index (χ3n) is 11.4. The number of hydrogen-bond acceptors (Lipinski definition) is 5. The van der Waals surface area contributed by atoms with E-state index >= 15 is 4.39 Å². The molecule has 6 aromatic rings. The van der Waals surface area contributed by atoms with Crippen molar-refractivity contribution in [3.63, 3.8) is 0 Å². The smallest absolute Gasteiger partial charge is 0.246 e. The van der Waals surface area contributed by atoms with Crippen LogP contribution in [0.15, 0.2) is 140 Å². The molecule has 2 atom stereocenters. The number of aromatic hydroxyl groups is 1. The zero-order valence-corrected chi connectivity index (χ0v) is 32.5. The Morgan fingerprint density at radius 2 is 1.52 bits per heavy atom. The van der Waals surface area contributed by atoms with E-state index in [-0.39, 0.29) is 68.3 Å². The number of hydrogen-bond donors (Lipinski definition) is 1. The molecule has 3 amide bonds. The number of carbonyl (C=O) groups excluding carboxylic acids is 3. The van der Waals surface area contributed by atoms with Crippen molar-refractivity contribution in [2.24, 2.45) is 0 Å². The molecule has 8 rings (SSSR count). The van der Waals surface area contributed by atoms with Gasteiger partial charge >= 0.3 is 0 Å². The molecule has 0 radical (unpaired) electrons. The van der Waals surface area contributed by atoms with E-state index in [0.29, 0.717) is 18.5 Å². The van der Waals surface area contributed by atoms with Crippen LogP contribution in [0.2, 0.25) is 0 Å². The second-order valence-electron chi connectivity index (χ2n) is 15.1. The topological polar surface area (TPSA) is 89.3 Å². The monoisotopic (exact) mass is 775 g/mol. The summed E-state index contributed by atoms with van der Waals surface area (Å²) in [7, 11) is 0. The number of halogens is 1. The number of carbonyl (C=O) groups is 3. The maximum absolute atomic E-state index is 15.6. The summed E-state index contributed by atoms with van der Waals surface area (Å²) in [6.07, 6.45) is 1.81. The Hall–Kier alpha value is -6.52. The van der Waals surface area contributed by atoms with E-state index in [9.17, 15) is 19.5 Å². The summed E-state index contributed by atoms with van der Waals surface area (Å²) in [6.45, 7) is 6.85. The predicted octanol–water partition coefficient (Wildman–Crippen LogP) is 7.50. The second kappa shape index (κ2) is 16.5. The van der Waals surface area contributed by atoms with Crippen molar-refractivity contribution < 1.29 is 23.9 Å². The molecular weight excluding hydrogens is 730 g/mol. The highest BCUT2D eigenvalue weighted by atomic mass is 19.1. The number of rotatable bonds is 12. The van der Waals surface area contributed by atoms with Gasteiger partial charge in [-0.25, -0.2) is 14.4 Å². The van der Waals surface area contributed by atoms with E-state index < -0.39 is 12.2 Å². The van der Waals surface area contributed by atoms with E-state index in [1.54, 1.807) is 62.3 Å². The minimum absolute atomic E-state index is 0.0797. The largest absolute Gasteiger partial charge is 0.508 e. The van der Waals surface area contributed by atoms with Gasteiger partial charge in [-0.05, 0) is 65.4 Å². The predicted molar refractivity (Wildman–Crippen MR) is 223 cm³/mol. The number of fused-ring (bicyclic) bond motifs is 2. The van der Waals surface area contributed by atoms with Crippen LogP contribution in [-0.4, -0.2) is 79.1 Å². The third-order valence-corrected chi connectivity index (χ3v) is 11.4. The van der Waals surface area contributed by atoms with Crippen LogP contribution in [0.1, 0.15) is 34.2 Å². The first-order chi connectivity index (χ1) is 28.2. The highest BCUT2D eigenvalue weighted by molar-refractivity contribution is 5.95. The van der Waals surface area contributed by atoms with Gasteiger partial charge in [0.15, 0.2) is 0 Å². The van der Waals surface area contributed by atoms with Crippen molar-refractivity contribution in [3.8, 4) is 17.0 Å². The highest BCUT2D eigenvalue weighted by Crippen LogP contribution is 2.38. The minimum atomic E-state index is -0.919. The maximum Gasteiger partial charge on any atom is 0.246 e. The van der Waals surface area contributed by atoms with Gasteiger partial charge in [0, 0.05) is 43.4 Å². The van der Waals surface area contributed by atoms with Crippen LogP contribution >= 0.6 is 0 Å². The van der Waals surface area contributed by atoms with Crippen molar-refractivity contribution in [3.05, 3.63) is 174 Å². The number of amides is 3. The van der Waals surface area contributed by atoms with E-state index in [2.05, 4.69) is 11.1 Å². The Labute approximate surface area is 337 Å². The van der Waals surface area contributed by atoms with Crippen LogP contribution < -0.4 is 0 Å². The summed E-state index contributed by atoms with van der Waals surface area (Å²) in [5, 5.41) is 14.4. The lowest BCUT2D eigenvalue weighted by molar-refractivity contribution is -0.205. The van der Waals surface area contributed by atoms with E-state index in [0.717, 1.165) is 44.4 Å². The molecule has 0 unspecified atom stereocenters. The molecule has 2 saturated heterocycles. The number of nitrogens with zero attached hydrogens (tertiary/aromatic N) is 5. The summed E-state index contributed by atoms with van der Waals surface area (Å²) in [5.41, 5.74) is 6.75. The molecule has 1 N–H and O–H groups in total. The number of phenolic OH excluding ortho intramolecular Hbond substituents is 1. The van der Waals surface area contributed by atoms with E-state index in [1.807, 2.05) is 91.9 Å². The maximum atomic E-state index is 15.6. The van der Waals surface area contributed by atoms with Gasteiger partial charge in [0.25, 0.3) is 0 Å².